The third-order valence-corrected chi connectivity index (χ3v) is 2.69. The molecule has 14 heavy (non-hydrogen) atoms. The van der Waals surface area contributed by atoms with Gasteiger partial charge < -0.3 is 10.2 Å². The second-order valence-electron chi connectivity index (χ2n) is 2.56. The number of nitrogens with zero attached hydrogens (tertiary/aromatic N) is 2. The van der Waals surface area contributed by atoms with Gasteiger partial charge in [-0.3, -0.25) is 0 Å². The van der Waals surface area contributed by atoms with Gasteiger partial charge in [0.05, 0.1) is 0 Å². The van der Waals surface area contributed by atoms with E-state index in [0.29, 0.717) is 15.0 Å². The molecule has 1 aromatic carbocycles. The quantitative estimate of drug-likeness (QED) is 0.735. The van der Waals surface area contributed by atoms with Gasteiger partial charge in [-0.05, 0) is 29.8 Å². The topological polar surface area (TPSA) is 66.2 Å². The van der Waals surface area contributed by atoms with E-state index in [9.17, 15) is 5.11 Å². The Morgan fingerprint density at radius 3 is 2.50 bits per heavy atom. The van der Waals surface area contributed by atoms with Gasteiger partial charge in [0.15, 0.2) is 11.5 Å². The number of phenolic OH excluding ortho intramolecular Hbond substituents is 2. The number of hydrogen-bond acceptors (Lipinski definition) is 5. The summed E-state index contributed by atoms with van der Waals surface area (Å²) in [6, 6.07) is 4.43. The van der Waals surface area contributed by atoms with Crippen LogP contribution in [0.15, 0.2) is 18.2 Å². The summed E-state index contributed by atoms with van der Waals surface area (Å²) in [7, 11) is 0. The van der Waals surface area contributed by atoms with Crippen LogP contribution >= 0.6 is 22.9 Å². The molecule has 0 aliphatic rings. The molecule has 0 unspecified atom stereocenters. The van der Waals surface area contributed by atoms with Gasteiger partial charge in [-0.25, -0.2) is 0 Å². The fraction of sp³-hybridized carbons (Fsp3) is 0. The Hall–Kier alpha value is -1.33. The van der Waals surface area contributed by atoms with Gasteiger partial charge in [0, 0.05) is 5.56 Å². The van der Waals surface area contributed by atoms with Crippen LogP contribution in [0.5, 0.6) is 11.5 Å². The molecule has 0 atom stereocenters. The lowest BCUT2D eigenvalue weighted by Crippen LogP contribution is -1.76. The van der Waals surface area contributed by atoms with Crippen LogP contribution in [0, 0.1) is 0 Å². The molecular formula is C8H5ClN2O2S. The highest BCUT2D eigenvalue weighted by atomic mass is 35.5. The SMILES string of the molecule is Oc1ccc(-c2nnc(Cl)s2)cc1O. The summed E-state index contributed by atoms with van der Waals surface area (Å²) in [6.45, 7) is 0. The maximum atomic E-state index is 9.24. The van der Waals surface area contributed by atoms with E-state index in [4.69, 9.17) is 16.7 Å². The van der Waals surface area contributed by atoms with Crippen molar-refractivity contribution in [3.8, 4) is 22.1 Å². The minimum atomic E-state index is -0.186. The zero-order chi connectivity index (χ0) is 10.1. The number of aromatic hydroxyl groups is 2. The molecule has 0 saturated heterocycles. The number of rotatable bonds is 1. The minimum absolute atomic E-state index is 0.163. The van der Waals surface area contributed by atoms with Crippen molar-refractivity contribution in [2.75, 3.05) is 0 Å². The predicted octanol–water partition coefficient (Wildman–Crippen LogP) is 2.27. The average Bonchev–Trinajstić information content (AvgIpc) is 2.57. The predicted molar refractivity (Wildman–Crippen MR) is 53.7 cm³/mol. The maximum absolute atomic E-state index is 9.24. The normalized spacial score (nSPS) is 10.4. The molecule has 1 aromatic heterocycles. The molecule has 2 rings (SSSR count). The molecule has 6 heteroatoms. The van der Waals surface area contributed by atoms with Crippen LogP contribution < -0.4 is 0 Å². The third kappa shape index (κ3) is 1.64. The van der Waals surface area contributed by atoms with Crippen LogP contribution in [0.4, 0.5) is 0 Å². The van der Waals surface area contributed by atoms with Crippen molar-refractivity contribution in [2.45, 2.75) is 0 Å². The van der Waals surface area contributed by atoms with E-state index in [-0.39, 0.29) is 11.5 Å². The van der Waals surface area contributed by atoms with Crippen LogP contribution in [-0.4, -0.2) is 20.4 Å². The maximum Gasteiger partial charge on any atom is 0.207 e. The van der Waals surface area contributed by atoms with Crippen molar-refractivity contribution in [3.05, 3.63) is 22.7 Å². The van der Waals surface area contributed by atoms with Gasteiger partial charge in [-0.1, -0.05) is 11.3 Å². The highest BCUT2D eigenvalue weighted by Gasteiger charge is 2.07. The van der Waals surface area contributed by atoms with E-state index < -0.39 is 0 Å². The number of hydrogen-bond donors (Lipinski definition) is 2. The lowest BCUT2D eigenvalue weighted by molar-refractivity contribution is 0.404. The van der Waals surface area contributed by atoms with E-state index in [2.05, 4.69) is 10.2 Å². The van der Waals surface area contributed by atoms with Gasteiger partial charge in [0.1, 0.15) is 5.01 Å². The lowest BCUT2D eigenvalue weighted by atomic mass is 10.2. The fourth-order valence-corrected chi connectivity index (χ4v) is 1.80. The Morgan fingerprint density at radius 1 is 1.14 bits per heavy atom. The molecule has 72 valence electrons. The zero-order valence-electron chi connectivity index (χ0n) is 6.81. The first-order valence-corrected chi connectivity index (χ1v) is 4.87. The molecule has 0 amide bonds. The molecule has 4 nitrogen and oxygen atoms in total. The van der Waals surface area contributed by atoms with Crippen molar-refractivity contribution >= 4 is 22.9 Å². The second-order valence-corrected chi connectivity index (χ2v) is 4.12. The van der Waals surface area contributed by atoms with E-state index >= 15 is 0 Å². The summed E-state index contributed by atoms with van der Waals surface area (Å²) in [5.74, 6) is -0.349. The van der Waals surface area contributed by atoms with Gasteiger partial charge >= 0.3 is 0 Å². The summed E-state index contributed by atoms with van der Waals surface area (Å²) in [4.78, 5) is 0. The molecule has 0 fully saturated rings. The summed E-state index contributed by atoms with van der Waals surface area (Å²) >= 11 is 6.82. The number of phenols is 2. The standard InChI is InChI=1S/C8H5ClN2O2S/c9-8-11-10-7(14-8)4-1-2-5(12)6(13)3-4/h1-3,12-13H. The highest BCUT2D eigenvalue weighted by molar-refractivity contribution is 7.18. The molecular weight excluding hydrogens is 224 g/mol. The van der Waals surface area contributed by atoms with Crippen molar-refractivity contribution in [1.29, 1.82) is 0 Å². The Labute approximate surface area is 88.4 Å². The summed E-state index contributed by atoms with van der Waals surface area (Å²) in [5.41, 5.74) is 0.671. The van der Waals surface area contributed by atoms with Crippen LogP contribution in [-0.2, 0) is 0 Å². The minimum Gasteiger partial charge on any atom is -0.504 e. The largest absolute Gasteiger partial charge is 0.504 e. The smallest absolute Gasteiger partial charge is 0.207 e. The molecule has 0 aliphatic heterocycles. The summed E-state index contributed by atoms with van der Waals surface area (Å²) < 4.78 is 0.340. The van der Waals surface area contributed by atoms with Crippen molar-refractivity contribution in [2.24, 2.45) is 0 Å². The van der Waals surface area contributed by atoms with Crippen molar-refractivity contribution < 1.29 is 10.2 Å². The zero-order valence-corrected chi connectivity index (χ0v) is 8.38. The first-order valence-electron chi connectivity index (χ1n) is 3.68. The third-order valence-electron chi connectivity index (χ3n) is 1.62. The monoisotopic (exact) mass is 228 g/mol. The van der Waals surface area contributed by atoms with Crippen LogP contribution in [0.3, 0.4) is 0 Å². The second kappa shape index (κ2) is 3.43. The molecule has 1 heterocycles. The molecule has 0 aliphatic carbocycles. The molecule has 2 N–H and O–H groups in total. The van der Waals surface area contributed by atoms with Crippen LogP contribution in [0.25, 0.3) is 10.6 Å². The Bertz CT molecular complexity index is 472. The Morgan fingerprint density at radius 2 is 1.93 bits per heavy atom. The van der Waals surface area contributed by atoms with Gasteiger partial charge in [-0.2, -0.15) is 0 Å². The Kier molecular flexibility index (Phi) is 2.26. The number of aromatic nitrogens is 2. The molecule has 2 aromatic rings. The van der Waals surface area contributed by atoms with E-state index in [1.165, 1.54) is 23.5 Å². The van der Waals surface area contributed by atoms with Crippen molar-refractivity contribution in [3.63, 3.8) is 0 Å². The number of halogens is 1. The van der Waals surface area contributed by atoms with E-state index in [1.54, 1.807) is 6.07 Å². The van der Waals surface area contributed by atoms with Crippen molar-refractivity contribution in [1.82, 2.24) is 10.2 Å². The first-order chi connectivity index (χ1) is 6.66. The van der Waals surface area contributed by atoms with E-state index in [0.717, 1.165) is 0 Å². The summed E-state index contributed by atoms with van der Waals surface area (Å²) in [6.07, 6.45) is 0. The van der Waals surface area contributed by atoms with Crippen LogP contribution in [0.1, 0.15) is 0 Å². The highest BCUT2D eigenvalue weighted by Crippen LogP contribution is 2.32. The number of benzene rings is 1. The Balaban J connectivity index is 2.47. The molecule has 0 saturated carbocycles. The van der Waals surface area contributed by atoms with E-state index in [1.807, 2.05) is 0 Å². The molecule has 0 spiro atoms. The molecule has 0 radical (unpaired) electrons. The molecule has 0 bridgehead atoms. The first kappa shape index (κ1) is 9.23. The fourth-order valence-electron chi connectivity index (χ4n) is 0.978. The lowest BCUT2D eigenvalue weighted by Gasteiger charge is -1.98. The van der Waals surface area contributed by atoms with Crippen LogP contribution in [0.2, 0.25) is 4.47 Å². The van der Waals surface area contributed by atoms with Gasteiger partial charge in [0.2, 0.25) is 4.47 Å². The van der Waals surface area contributed by atoms with Gasteiger partial charge in [-0.15, -0.1) is 10.2 Å². The average molecular weight is 229 g/mol. The van der Waals surface area contributed by atoms with Gasteiger partial charge in [0.25, 0.3) is 0 Å². The summed E-state index contributed by atoms with van der Waals surface area (Å²) in [5, 5.41) is 26.4.